The highest BCUT2D eigenvalue weighted by molar-refractivity contribution is 6.32. The highest BCUT2D eigenvalue weighted by atomic mass is 35.5. The van der Waals surface area contributed by atoms with E-state index in [1.807, 2.05) is 18.2 Å². The van der Waals surface area contributed by atoms with Crippen molar-refractivity contribution in [3.63, 3.8) is 0 Å². The zero-order chi connectivity index (χ0) is 21.3. The van der Waals surface area contributed by atoms with Crippen LogP contribution in [-0.2, 0) is 17.8 Å². The monoisotopic (exact) mass is 426 g/mol. The Morgan fingerprint density at radius 1 is 1.13 bits per heavy atom. The molecule has 6 nitrogen and oxygen atoms in total. The first kappa shape index (κ1) is 20.4. The van der Waals surface area contributed by atoms with Gasteiger partial charge < -0.3 is 14.4 Å². The number of carbonyl (C=O) groups excluding carboxylic acids is 1. The molecule has 30 heavy (non-hydrogen) atoms. The van der Waals surface area contributed by atoms with Crippen LogP contribution in [-0.4, -0.2) is 47.0 Å². The second kappa shape index (κ2) is 8.50. The van der Waals surface area contributed by atoms with Crippen molar-refractivity contribution < 1.29 is 14.3 Å². The number of fused-ring (bicyclic) bond motifs is 1. The smallest absolute Gasteiger partial charge is 0.340 e. The minimum atomic E-state index is -0.558. The molecule has 3 aromatic rings. The average Bonchev–Trinajstić information content (AvgIpc) is 2.74. The number of amides is 1. The summed E-state index contributed by atoms with van der Waals surface area (Å²) in [4.78, 5) is 29.4. The Labute approximate surface area is 179 Å². The second-order valence-electron chi connectivity index (χ2n) is 7.61. The fraction of sp³-hybridized carbons (Fsp3) is 0.304. The molecule has 1 fully saturated rings. The molecule has 0 radical (unpaired) electrons. The van der Waals surface area contributed by atoms with E-state index in [-0.39, 0.29) is 28.7 Å². The summed E-state index contributed by atoms with van der Waals surface area (Å²) in [5.74, 6) is -0.238. The van der Waals surface area contributed by atoms with Crippen molar-refractivity contribution >= 4 is 28.5 Å². The first-order valence-corrected chi connectivity index (χ1v) is 10.3. The summed E-state index contributed by atoms with van der Waals surface area (Å²) in [5.41, 5.74) is 1.94. The van der Waals surface area contributed by atoms with Crippen molar-refractivity contribution in [3.8, 4) is 5.75 Å². The number of aryl methyl sites for hydroxylation is 1. The van der Waals surface area contributed by atoms with Crippen LogP contribution >= 0.6 is 11.6 Å². The van der Waals surface area contributed by atoms with Crippen molar-refractivity contribution in [2.24, 2.45) is 0 Å². The molecule has 0 aliphatic carbocycles. The van der Waals surface area contributed by atoms with Gasteiger partial charge in [0.1, 0.15) is 11.3 Å². The third-order valence-electron chi connectivity index (χ3n) is 5.66. The van der Waals surface area contributed by atoms with Gasteiger partial charge in [-0.05, 0) is 24.1 Å². The summed E-state index contributed by atoms with van der Waals surface area (Å²) in [6.07, 6.45) is -0.0126. The van der Waals surface area contributed by atoms with Crippen LogP contribution in [0.1, 0.15) is 16.7 Å². The lowest BCUT2D eigenvalue weighted by Crippen LogP contribution is -2.49. The molecule has 2 aromatic carbocycles. The standard InChI is InChI=1S/C23H23ClN2O4/c1-15-17-11-19(24)20(27)13-21(17)30-23(29)18(15)12-22(28)26-9-7-25(8-10-26)14-16-5-3-2-4-6-16/h2-6,11,13,27H,7-10,12,14H2,1H3. The number of benzene rings is 2. The average molecular weight is 427 g/mol. The molecule has 2 heterocycles. The molecule has 0 unspecified atom stereocenters. The van der Waals surface area contributed by atoms with Gasteiger partial charge in [0, 0.05) is 44.2 Å². The number of phenols is 1. The molecule has 1 saturated heterocycles. The highest BCUT2D eigenvalue weighted by Crippen LogP contribution is 2.31. The molecular weight excluding hydrogens is 404 g/mol. The van der Waals surface area contributed by atoms with Crippen LogP contribution in [0.5, 0.6) is 5.75 Å². The fourth-order valence-corrected chi connectivity index (χ4v) is 4.03. The molecule has 1 aliphatic heterocycles. The molecule has 1 aromatic heterocycles. The van der Waals surface area contributed by atoms with Gasteiger partial charge in [0.15, 0.2) is 0 Å². The van der Waals surface area contributed by atoms with E-state index in [2.05, 4.69) is 17.0 Å². The number of hydrogen-bond acceptors (Lipinski definition) is 5. The first-order valence-electron chi connectivity index (χ1n) is 9.91. The molecule has 156 valence electrons. The molecule has 0 spiro atoms. The molecule has 1 aliphatic rings. The van der Waals surface area contributed by atoms with E-state index in [0.717, 1.165) is 19.6 Å². The maximum atomic E-state index is 12.9. The lowest BCUT2D eigenvalue weighted by atomic mass is 10.0. The Bertz CT molecular complexity index is 1140. The van der Waals surface area contributed by atoms with Gasteiger partial charge in [0.25, 0.3) is 0 Å². The molecule has 1 amide bonds. The maximum absolute atomic E-state index is 12.9. The number of carbonyl (C=O) groups is 1. The number of hydrogen-bond donors (Lipinski definition) is 1. The van der Waals surface area contributed by atoms with Crippen LogP contribution in [0.15, 0.2) is 51.7 Å². The Morgan fingerprint density at radius 3 is 2.53 bits per heavy atom. The lowest BCUT2D eigenvalue weighted by Gasteiger charge is -2.34. The van der Waals surface area contributed by atoms with Gasteiger partial charge in [-0.2, -0.15) is 0 Å². The molecule has 7 heteroatoms. The van der Waals surface area contributed by atoms with E-state index in [1.54, 1.807) is 17.9 Å². The van der Waals surface area contributed by atoms with Gasteiger partial charge in [0.05, 0.1) is 17.0 Å². The maximum Gasteiger partial charge on any atom is 0.340 e. The van der Waals surface area contributed by atoms with Crippen molar-refractivity contribution in [2.75, 3.05) is 26.2 Å². The van der Waals surface area contributed by atoms with Gasteiger partial charge in [0.2, 0.25) is 5.91 Å². The van der Waals surface area contributed by atoms with Crippen LogP contribution in [0.2, 0.25) is 5.02 Å². The van der Waals surface area contributed by atoms with E-state index in [0.29, 0.717) is 29.6 Å². The number of phenolic OH excluding ortho intramolecular Hbond substituents is 1. The summed E-state index contributed by atoms with van der Waals surface area (Å²) < 4.78 is 5.33. The second-order valence-corrected chi connectivity index (χ2v) is 8.02. The third kappa shape index (κ3) is 4.20. The molecule has 1 N–H and O–H groups in total. The SMILES string of the molecule is Cc1c(CC(=O)N2CCN(Cc3ccccc3)CC2)c(=O)oc2cc(O)c(Cl)cc12. The number of piperazine rings is 1. The third-order valence-corrected chi connectivity index (χ3v) is 5.96. The minimum absolute atomic E-state index is 0.0126. The first-order chi connectivity index (χ1) is 14.4. The predicted molar refractivity (Wildman–Crippen MR) is 116 cm³/mol. The predicted octanol–water partition coefficient (Wildman–Crippen LogP) is 3.35. The van der Waals surface area contributed by atoms with E-state index >= 15 is 0 Å². The number of aromatic hydroxyl groups is 1. The van der Waals surface area contributed by atoms with Crippen molar-refractivity contribution in [1.29, 1.82) is 0 Å². The minimum Gasteiger partial charge on any atom is -0.506 e. The van der Waals surface area contributed by atoms with Gasteiger partial charge in [-0.15, -0.1) is 0 Å². The van der Waals surface area contributed by atoms with E-state index in [4.69, 9.17) is 16.0 Å². The Balaban J connectivity index is 1.45. The number of rotatable bonds is 4. The largest absolute Gasteiger partial charge is 0.506 e. The Morgan fingerprint density at radius 2 is 1.83 bits per heavy atom. The number of nitrogens with zero attached hydrogens (tertiary/aromatic N) is 2. The number of halogens is 1. The molecule has 0 bridgehead atoms. The van der Waals surface area contributed by atoms with E-state index < -0.39 is 5.63 Å². The molecular formula is C23H23ClN2O4. The summed E-state index contributed by atoms with van der Waals surface area (Å²) >= 11 is 6.00. The van der Waals surface area contributed by atoms with Crippen LogP contribution in [0.3, 0.4) is 0 Å². The zero-order valence-electron chi connectivity index (χ0n) is 16.7. The normalized spacial score (nSPS) is 14.9. The Hall–Kier alpha value is -2.83. The summed E-state index contributed by atoms with van der Waals surface area (Å²) in [7, 11) is 0. The zero-order valence-corrected chi connectivity index (χ0v) is 17.5. The quantitative estimate of drug-likeness (QED) is 0.647. The van der Waals surface area contributed by atoms with Gasteiger partial charge in [-0.25, -0.2) is 4.79 Å². The molecule has 0 saturated carbocycles. The van der Waals surface area contributed by atoms with Crippen LogP contribution in [0.4, 0.5) is 0 Å². The molecule has 0 atom stereocenters. The van der Waals surface area contributed by atoms with Crippen molar-refractivity contribution in [1.82, 2.24) is 9.80 Å². The fourth-order valence-electron chi connectivity index (χ4n) is 3.86. The van der Waals surface area contributed by atoms with Crippen LogP contribution in [0.25, 0.3) is 11.0 Å². The topological polar surface area (TPSA) is 74.0 Å². The van der Waals surface area contributed by atoms with Gasteiger partial charge >= 0.3 is 5.63 Å². The summed E-state index contributed by atoms with van der Waals surface area (Å²) in [6.45, 7) is 5.48. The van der Waals surface area contributed by atoms with Crippen LogP contribution in [0, 0.1) is 6.92 Å². The highest BCUT2D eigenvalue weighted by Gasteiger charge is 2.24. The van der Waals surface area contributed by atoms with Crippen molar-refractivity contribution in [2.45, 2.75) is 19.9 Å². The van der Waals surface area contributed by atoms with Gasteiger partial charge in [-0.3, -0.25) is 9.69 Å². The van der Waals surface area contributed by atoms with Crippen molar-refractivity contribution in [3.05, 3.63) is 74.6 Å². The van der Waals surface area contributed by atoms with E-state index in [1.165, 1.54) is 11.6 Å². The lowest BCUT2D eigenvalue weighted by molar-refractivity contribution is -0.132. The van der Waals surface area contributed by atoms with Crippen LogP contribution < -0.4 is 5.63 Å². The van der Waals surface area contributed by atoms with Gasteiger partial charge in [-0.1, -0.05) is 41.9 Å². The Kier molecular flexibility index (Phi) is 5.79. The summed E-state index contributed by atoms with van der Waals surface area (Å²) in [5, 5.41) is 10.5. The molecule has 4 rings (SSSR count). The summed E-state index contributed by atoms with van der Waals surface area (Å²) in [6, 6.07) is 13.1. The van der Waals surface area contributed by atoms with E-state index in [9.17, 15) is 14.7 Å².